The van der Waals surface area contributed by atoms with Crippen LogP contribution in [-0.2, 0) is 16.2 Å². The number of pyridine rings is 1. The quantitative estimate of drug-likeness (QED) is 0.250. The fraction of sp³-hybridized carbons (Fsp3) is 0.120. The second-order valence-electron chi connectivity index (χ2n) is 8.54. The highest BCUT2D eigenvalue weighted by Gasteiger charge is 2.33. The Balaban J connectivity index is 1.45. The Labute approximate surface area is 237 Å². The predicted octanol–water partition coefficient (Wildman–Crippen LogP) is 5.48. The number of benzene rings is 2. The van der Waals surface area contributed by atoms with E-state index in [1.807, 2.05) is 0 Å². The van der Waals surface area contributed by atoms with Crippen LogP contribution in [0.25, 0.3) is 11.1 Å². The number of carbonyl (C=O) groups is 1. The summed E-state index contributed by atoms with van der Waals surface area (Å²) in [7, 11) is -1.76. The number of nitrogens with one attached hydrogen (secondary N) is 2. The number of alkyl halides is 3. The first-order valence-electron chi connectivity index (χ1n) is 11.5. The van der Waals surface area contributed by atoms with E-state index in [9.17, 15) is 26.4 Å². The average Bonchev–Trinajstić information content (AvgIpc) is 2.91. The lowest BCUT2D eigenvalue weighted by molar-refractivity contribution is -0.137. The van der Waals surface area contributed by atoms with Gasteiger partial charge in [0.15, 0.2) is 0 Å². The van der Waals surface area contributed by atoms with Gasteiger partial charge in [0.25, 0.3) is 0 Å². The molecule has 0 aliphatic rings. The normalized spacial score (nSPS) is 11.8. The number of hydrogen-bond acceptors (Lipinski definition) is 8. The third kappa shape index (κ3) is 7.00. The number of carbonyl (C=O) groups excluding carboxylic acids is 1. The molecule has 0 unspecified atom stereocenters. The van der Waals surface area contributed by atoms with Gasteiger partial charge in [-0.15, -0.1) is 0 Å². The number of nitrogens with zero attached hydrogens (tertiary/aromatic N) is 4. The summed E-state index contributed by atoms with van der Waals surface area (Å²) < 4.78 is 71.3. The summed E-state index contributed by atoms with van der Waals surface area (Å²) in [6.45, 7) is 0. The third-order valence-corrected chi connectivity index (χ3v) is 7.54. The van der Waals surface area contributed by atoms with Crippen molar-refractivity contribution < 1.29 is 31.1 Å². The number of urea groups is 1. The maximum atomic E-state index is 13.2. The Morgan fingerprint density at radius 2 is 1.63 bits per heavy atom. The fourth-order valence-corrected chi connectivity index (χ4v) is 4.61. The van der Waals surface area contributed by atoms with Crippen molar-refractivity contribution in [2.45, 2.75) is 11.1 Å². The number of aromatic nitrogens is 3. The van der Waals surface area contributed by atoms with Crippen LogP contribution < -0.4 is 21.1 Å². The Morgan fingerprint density at radius 3 is 2.24 bits per heavy atom. The van der Waals surface area contributed by atoms with E-state index >= 15 is 0 Å². The molecule has 2 heterocycles. The first-order chi connectivity index (χ1) is 19.2. The van der Waals surface area contributed by atoms with E-state index in [1.165, 1.54) is 32.7 Å². The third-order valence-electron chi connectivity index (χ3n) is 5.46. The number of anilines is 3. The number of halogens is 4. The van der Waals surface area contributed by atoms with E-state index in [0.29, 0.717) is 34.3 Å². The van der Waals surface area contributed by atoms with E-state index < -0.39 is 38.4 Å². The molecular weight excluding hydrogens is 587 g/mol. The minimum Gasteiger partial charge on any atom is -0.424 e. The van der Waals surface area contributed by atoms with Crippen LogP contribution in [0.15, 0.2) is 72.0 Å². The highest BCUT2D eigenvalue weighted by molar-refractivity contribution is 7.89. The minimum atomic E-state index is -4.77. The zero-order valence-corrected chi connectivity index (χ0v) is 22.8. The summed E-state index contributed by atoms with van der Waals surface area (Å²) in [4.78, 5) is 24.0. The highest BCUT2D eigenvalue weighted by atomic mass is 35.5. The van der Waals surface area contributed by atoms with Crippen LogP contribution in [0.3, 0.4) is 0 Å². The van der Waals surface area contributed by atoms with Crippen molar-refractivity contribution in [3.05, 3.63) is 77.7 Å². The number of ether oxygens (including phenoxy) is 1. The van der Waals surface area contributed by atoms with Gasteiger partial charge < -0.3 is 21.1 Å². The average molecular weight is 608 g/mol. The number of amides is 2. The van der Waals surface area contributed by atoms with Crippen LogP contribution in [0.4, 0.5) is 35.2 Å². The van der Waals surface area contributed by atoms with Crippen molar-refractivity contribution >= 4 is 44.8 Å². The predicted molar refractivity (Wildman–Crippen MR) is 146 cm³/mol. The molecule has 0 atom stereocenters. The summed E-state index contributed by atoms with van der Waals surface area (Å²) >= 11 is 5.99. The van der Waals surface area contributed by atoms with Crippen LogP contribution in [0, 0.1) is 0 Å². The molecular formula is C25H21ClF3N7O4S. The lowest BCUT2D eigenvalue weighted by atomic mass is 10.1. The van der Waals surface area contributed by atoms with E-state index in [-0.39, 0.29) is 11.7 Å². The second kappa shape index (κ2) is 11.6. The van der Waals surface area contributed by atoms with Crippen molar-refractivity contribution in [1.82, 2.24) is 19.3 Å². The first kappa shape index (κ1) is 29.5. The van der Waals surface area contributed by atoms with E-state index in [1.54, 1.807) is 30.3 Å². The van der Waals surface area contributed by atoms with Gasteiger partial charge in [-0.2, -0.15) is 13.2 Å². The highest BCUT2D eigenvalue weighted by Crippen LogP contribution is 2.34. The number of rotatable bonds is 7. The van der Waals surface area contributed by atoms with Crippen LogP contribution >= 0.6 is 11.6 Å². The standard InChI is InChI=1S/C25H21ClF3N7O4S/c1-36(2)41(38,39)21-8-5-15(25(27,28)29)9-20(21)35-23(37)34-17-12-32-24(33-13-17)40-18-6-3-14(4-7-18)19-10-16(26)11-31-22(19)30/h3-13H,1-2H3,(H2,30,31)(H2,34,35,37). The number of nitrogen functional groups attached to an aromatic ring is 1. The molecule has 16 heteroatoms. The van der Waals surface area contributed by atoms with E-state index in [2.05, 4.69) is 25.6 Å². The van der Waals surface area contributed by atoms with Crippen LogP contribution in [0.1, 0.15) is 5.56 Å². The summed E-state index contributed by atoms with van der Waals surface area (Å²) in [5.41, 5.74) is 5.65. The van der Waals surface area contributed by atoms with Gasteiger partial charge in [0.05, 0.1) is 34.4 Å². The first-order valence-corrected chi connectivity index (χ1v) is 13.3. The zero-order valence-electron chi connectivity index (χ0n) is 21.3. The molecule has 4 aromatic rings. The summed E-state index contributed by atoms with van der Waals surface area (Å²) in [5, 5.41) is 4.91. The largest absolute Gasteiger partial charge is 0.424 e. The number of hydrogen-bond donors (Lipinski definition) is 3. The number of sulfonamides is 1. The molecule has 2 aromatic carbocycles. The van der Waals surface area contributed by atoms with Crippen LogP contribution in [0.2, 0.25) is 5.02 Å². The molecule has 0 aliphatic heterocycles. The second-order valence-corrected chi connectivity index (χ2v) is 11.1. The van der Waals surface area contributed by atoms with Crippen molar-refractivity contribution in [2.24, 2.45) is 0 Å². The fourth-order valence-electron chi connectivity index (χ4n) is 3.43. The minimum absolute atomic E-state index is 0.0538. The van der Waals surface area contributed by atoms with Gasteiger partial charge in [0.1, 0.15) is 16.5 Å². The maximum absolute atomic E-state index is 13.2. The zero-order chi connectivity index (χ0) is 29.9. The van der Waals surface area contributed by atoms with Crippen molar-refractivity contribution in [3.8, 4) is 22.9 Å². The molecule has 2 amide bonds. The van der Waals surface area contributed by atoms with Crippen molar-refractivity contribution in [3.63, 3.8) is 0 Å². The molecule has 0 fully saturated rings. The lowest BCUT2D eigenvalue weighted by Crippen LogP contribution is -2.26. The van der Waals surface area contributed by atoms with Crippen molar-refractivity contribution in [1.29, 1.82) is 0 Å². The maximum Gasteiger partial charge on any atom is 0.416 e. The molecule has 0 saturated carbocycles. The van der Waals surface area contributed by atoms with E-state index in [0.717, 1.165) is 15.9 Å². The SMILES string of the molecule is CN(C)S(=O)(=O)c1ccc(C(F)(F)F)cc1NC(=O)Nc1cnc(Oc2ccc(-c3cc(Cl)cnc3N)cc2)nc1. The van der Waals surface area contributed by atoms with Gasteiger partial charge in [0.2, 0.25) is 10.0 Å². The molecule has 0 aliphatic carbocycles. The summed E-state index contributed by atoms with van der Waals surface area (Å²) in [5.74, 6) is 0.696. The number of nitrogens with two attached hydrogens (primary N) is 1. The summed E-state index contributed by atoms with van der Waals surface area (Å²) in [6.07, 6.45) is -0.941. The lowest BCUT2D eigenvalue weighted by Gasteiger charge is -2.18. The molecule has 2 aromatic heterocycles. The molecule has 214 valence electrons. The molecule has 11 nitrogen and oxygen atoms in total. The topological polar surface area (TPSA) is 152 Å². The molecule has 0 radical (unpaired) electrons. The monoisotopic (exact) mass is 607 g/mol. The Bertz CT molecular complexity index is 1690. The Hall–Kier alpha value is -4.47. The van der Waals surface area contributed by atoms with Gasteiger partial charge in [-0.25, -0.2) is 32.5 Å². The molecule has 4 N–H and O–H groups in total. The Kier molecular flexibility index (Phi) is 8.32. The van der Waals surface area contributed by atoms with Gasteiger partial charge in [-0.05, 0) is 42.0 Å². The van der Waals surface area contributed by atoms with Gasteiger partial charge in [0, 0.05) is 25.9 Å². The Morgan fingerprint density at radius 1 is 0.976 bits per heavy atom. The molecule has 0 spiro atoms. The summed E-state index contributed by atoms with van der Waals surface area (Å²) in [6, 6.07) is 9.27. The molecule has 0 bridgehead atoms. The van der Waals surface area contributed by atoms with Gasteiger partial charge in [-0.1, -0.05) is 23.7 Å². The molecule has 41 heavy (non-hydrogen) atoms. The van der Waals surface area contributed by atoms with Gasteiger partial charge >= 0.3 is 18.2 Å². The van der Waals surface area contributed by atoms with Gasteiger partial charge in [-0.3, -0.25) is 0 Å². The van der Waals surface area contributed by atoms with Crippen LogP contribution in [0.5, 0.6) is 11.8 Å². The molecule has 0 saturated heterocycles. The van der Waals surface area contributed by atoms with Crippen LogP contribution in [-0.4, -0.2) is 47.8 Å². The smallest absolute Gasteiger partial charge is 0.416 e. The molecule has 4 rings (SSSR count). The van der Waals surface area contributed by atoms with E-state index in [4.69, 9.17) is 22.1 Å². The van der Waals surface area contributed by atoms with Crippen molar-refractivity contribution in [2.75, 3.05) is 30.5 Å².